The van der Waals surface area contributed by atoms with Crippen molar-refractivity contribution in [2.75, 3.05) is 18.7 Å². The van der Waals surface area contributed by atoms with Crippen LogP contribution in [-0.2, 0) is 6.42 Å². The number of hydrogen-bond donors (Lipinski definition) is 2. The maximum atomic E-state index is 11.8. The third-order valence-electron chi connectivity index (χ3n) is 4.22. The number of carbonyl (C=O) groups excluding carboxylic acids is 1. The zero-order valence-electron chi connectivity index (χ0n) is 14.9. The molecule has 0 unspecified atom stereocenters. The molecular formula is C19H20ClN5O2. The average Bonchev–Trinajstić information content (AvgIpc) is 2.66. The van der Waals surface area contributed by atoms with E-state index in [1.807, 2.05) is 24.3 Å². The van der Waals surface area contributed by atoms with E-state index in [0.717, 1.165) is 18.4 Å². The van der Waals surface area contributed by atoms with Crippen molar-refractivity contribution in [1.82, 2.24) is 9.97 Å². The maximum Gasteiger partial charge on any atom is 0.251 e. The Labute approximate surface area is 161 Å². The zero-order chi connectivity index (χ0) is 19.4. The Balaban J connectivity index is 1.84. The lowest BCUT2D eigenvalue weighted by molar-refractivity contribution is 0.100. The molecule has 0 aliphatic rings. The topological polar surface area (TPSA) is 107 Å². The molecule has 4 N–H and O–H groups in total. The van der Waals surface area contributed by atoms with E-state index in [0.29, 0.717) is 34.0 Å². The normalized spacial score (nSPS) is 10.8. The van der Waals surface area contributed by atoms with Crippen LogP contribution < -0.4 is 21.3 Å². The van der Waals surface area contributed by atoms with Crippen molar-refractivity contribution >= 4 is 34.2 Å². The Morgan fingerprint density at radius 1 is 1.26 bits per heavy atom. The van der Waals surface area contributed by atoms with Gasteiger partial charge in [0.05, 0.1) is 18.2 Å². The van der Waals surface area contributed by atoms with Crippen LogP contribution in [-0.4, -0.2) is 29.5 Å². The number of aromatic nitrogens is 2. The van der Waals surface area contributed by atoms with Crippen LogP contribution in [0.2, 0.25) is 5.02 Å². The number of nitrogens with two attached hydrogens (primary N) is 2. The molecule has 0 fully saturated rings. The third kappa shape index (κ3) is 4.27. The van der Waals surface area contributed by atoms with Crippen LogP contribution in [0.1, 0.15) is 22.3 Å². The summed E-state index contributed by atoms with van der Waals surface area (Å²) in [6, 6.07) is 11.0. The van der Waals surface area contributed by atoms with Gasteiger partial charge in [0.2, 0.25) is 0 Å². The molecule has 0 aliphatic carbocycles. The molecule has 0 spiro atoms. The highest BCUT2D eigenvalue weighted by Crippen LogP contribution is 2.29. The first-order valence-corrected chi connectivity index (χ1v) is 8.76. The number of ether oxygens (including phenoxy) is 1. The van der Waals surface area contributed by atoms with Gasteiger partial charge in [0.15, 0.2) is 5.82 Å². The van der Waals surface area contributed by atoms with E-state index in [2.05, 4.69) is 9.97 Å². The summed E-state index contributed by atoms with van der Waals surface area (Å²) in [4.78, 5) is 20.2. The molecule has 0 saturated carbocycles. The predicted molar refractivity (Wildman–Crippen MR) is 106 cm³/mol. The number of halogens is 1. The minimum absolute atomic E-state index is 0.264. The van der Waals surface area contributed by atoms with E-state index < -0.39 is 5.91 Å². The van der Waals surface area contributed by atoms with Gasteiger partial charge < -0.3 is 10.5 Å². The molecule has 2 aromatic carbocycles. The van der Waals surface area contributed by atoms with Gasteiger partial charge in [0.1, 0.15) is 12.1 Å². The molecular weight excluding hydrogens is 366 g/mol. The van der Waals surface area contributed by atoms with Crippen LogP contribution in [0.5, 0.6) is 5.75 Å². The van der Waals surface area contributed by atoms with E-state index in [1.54, 1.807) is 17.1 Å². The molecule has 27 heavy (non-hydrogen) atoms. The van der Waals surface area contributed by atoms with Gasteiger partial charge in [-0.15, -0.1) is 0 Å². The Hall–Kier alpha value is -2.90. The Bertz CT molecular complexity index is 979. The number of primary amides is 1. The lowest BCUT2D eigenvalue weighted by Gasteiger charge is -2.20. The molecule has 0 saturated heterocycles. The van der Waals surface area contributed by atoms with Gasteiger partial charge in [-0.05, 0) is 42.7 Å². The molecule has 3 rings (SSSR count). The second-order valence-corrected chi connectivity index (χ2v) is 6.50. The smallest absolute Gasteiger partial charge is 0.251 e. The summed E-state index contributed by atoms with van der Waals surface area (Å²) in [5.41, 5.74) is 7.32. The van der Waals surface area contributed by atoms with Crippen molar-refractivity contribution in [1.29, 1.82) is 0 Å². The number of nitrogens with zero attached hydrogens (tertiary/aromatic N) is 3. The summed E-state index contributed by atoms with van der Waals surface area (Å²) in [6.45, 7) is 0.557. The van der Waals surface area contributed by atoms with Crippen LogP contribution >= 0.6 is 11.6 Å². The number of benzene rings is 2. The summed E-state index contributed by atoms with van der Waals surface area (Å²) in [5, 5.41) is 2.86. The number of aryl methyl sites for hydroxylation is 1. The van der Waals surface area contributed by atoms with Crippen LogP contribution in [0.4, 0.5) is 5.82 Å². The maximum absolute atomic E-state index is 11.8. The quantitative estimate of drug-likeness (QED) is 0.478. The fourth-order valence-corrected chi connectivity index (χ4v) is 3.13. The minimum atomic E-state index is -0.590. The van der Waals surface area contributed by atoms with Crippen molar-refractivity contribution in [3.05, 3.63) is 58.9 Å². The summed E-state index contributed by atoms with van der Waals surface area (Å²) >= 11 is 6.01. The standard InChI is InChI=1S/C19H20ClN5O2/c1-27-14-9-15(18(21)26)17-16(10-14)19(24-11-23-17)25(22)7-3-5-12-4-2-6-13(20)8-12/h2,4,6,8-11H,3,5,7,22H2,1H3,(H2,21,26). The van der Waals surface area contributed by atoms with Crippen LogP contribution in [0, 0.1) is 0 Å². The number of rotatable bonds is 7. The molecule has 7 nitrogen and oxygen atoms in total. The van der Waals surface area contributed by atoms with E-state index in [1.165, 1.54) is 13.4 Å². The van der Waals surface area contributed by atoms with Gasteiger partial charge in [-0.3, -0.25) is 9.80 Å². The highest BCUT2D eigenvalue weighted by atomic mass is 35.5. The van der Waals surface area contributed by atoms with Crippen LogP contribution in [0.25, 0.3) is 10.9 Å². The van der Waals surface area contributed by atoms with Gasteiger partial charge in [-0.1, -0.05) is 23.7 Å². The molecule has 1 amide bonds. The summed E-state index contributed by atoms with van der Waals surface area (Å²) in [6.07, 6.45) is 3.00. The van der Waals surface area contributed by atoms with Crippen molar-refractivity contribution in [2.24, 2.45) is 11.6 Å². The second-order valence-electron chi connectivity index (χ2n) is 6.06. The van der Waals surface area contributed by atoms with Gasteiger partial charge >= 0.3 is 0 Å². The van der Waals surface area contributed by atoms with E-state index >= 15 is 0 Å². The molecule has 0 radical (unpaired) electrons. The van der Waals surface area contributed by atoms with E-state index in [4.69, 9.17) is 27.9 Å². The Kier molecular flexibility index (Phi) is 5.73. The summed E-state index contributed by atoms with van der Waals surface area (Å²) in [5.74, 6) is 6.64. The Morgan fingerprint density at radius 3 is 2.78 bits per heavy atom. The third-order valence-corrected chi connectivity index (χ3v) is 4.45. The van der Waals surface area contributed by atoms with Crippen molar-refractivity contribution < 1.29 is 9.53 Å². The monoisotopic (exact) mass is 385 g/mol. The number of fused-ring (bicyclic) bond motifs is 1. The minimum Gasteiger partial charge on any atom is -0.497 e. The Morgan fingerprint density at radius 2 is 2.07 bits per heavy atom. The predicted octanol–water partition coefficient (Wildman–Crippen LogP) is 2.70. The molecule has 0 aliphatic heterocycles. The van der Waals surface area contributed by atoms with Gasteiger partial charge in [0, 0.05) is 17.0 Å². The van der Waals surface area contributed by atoms with Gasteiger partial charge in [0.25, 0.3) is 5.91 Å². The van der Waals surface area contributed by atoms with Crippen molar-refractivity contribution in [2.45, 2.75) is 12.8 Å². The molecule has 3 aromatic rings. The molecule has 0 atom stereocenters. The summed E-state index contributed by atoms with van der Waals surface area (Å²) in [7, 11) is 1.51. The van der Waals surface area contributed by atoms with Crippen molar-refractivity contribution in [3.8, 4) is 5.75 Å². The fraction of sp³-hybridized carbons (Fsp3) is 0.211. The first-order valence-electron chi connectivity index (χ1n) is 8.39. The molecule has 0 bridgehead atoms. The van der Waals surface area contributed by atoms with E-state index in [-0.39, 0.29) is 5.56 Å². The van der Waals surface area contributed by atoms with Crippen LogP contribution in [0.15, 0.2) is 42.7 Å². The number of hydrogen-bond acceptors (Lipinski definition) is 6. The zero-order valence-corrected chi connectivity index (χ0v) is 15.6. The highest BCUT2D eigenvalue weighted by Gasteiger charge is 2.16. The molecule has 1 heterocycles. The SMILES string of the molecule is COc1cc(C(N)=O)c2ncnc(N(N)CCCc3cccc(Cl)c3)c2c1. The summed E-state index contributed by atoms with van der Waals surface area (Å²) < 4.78 is 5.26. The highest BCUT2D eigenvalue weighted by molar-refractivity contribution is 6.30. The lowest BCUT2D eigenvalue weighted by atomic mass is 10.1. The first-order chi connectivity index (χ1) is 13.0. The van der Waals surface area contributed by atoms with Gasteiger partial charge in [-0.2, -0.15) is 0 Å². The molecule has 8 heteroatoms. The number of hydrazine groups is 1. The fourth-order valence-electron chi connectivity index (χ4n) is 2.91. The number of amides is 1. The average molecular weight is 386 g/mol. The van der Waals surface area contributed by atoms with Crippen LogP contribution in [0.3, 0.4) is 0 Å². The number of anilines is 1. The van der Waals surface area contributed by atoms with E-state index in [9.17, 15) is 4.79 Å². The molecule has 1 aromatic heterocycles. The molecule has 140 valence electrons. The van der Waals surface area contributed by atoms with Gasteiger partial charge in [-0.25, -0.2) is 15.8 Å². The lowest BCUT2D eigenvalue weighted by Crippen LogP contribution is -2.33. The van der Waals surface area contributed by atoms with Crippen molar-refractivity contribution in [3.63, 3.8) is 0 Å². The largest absolute Gasteiger partial charge is 0.497 e. The number of methoxy groups -OCH3 is 1. The number of carbonyl (C=O) groups is 1. The second kappa shape index (κ2) is 8.20. The first kappa shape index (κ1) is 18.9.